The summed E-state index contributed by atoms with van der Waals surface area (Å²) in [5, 5.41) is 8.45. The van der Waals surface area contributed by atoms with Gasteiger partial charge >= 0.3 is 12.1 Å². The second-order valence-electron chi connectivity index (χ2n) is 2.50. The Hall–Kier alpha value is -1.52. The number of carbonyl (C=O) groups excluding carboxylic acids is 1. The number of unbranched alkanes of at least 4 members (excludes halogenated alkanes) is 1. The molecule has 0 rings (SSSR count). The highest BCUT2D eigenvalue weighted by Crippen LogP contribution is 1.98. The molecule has 0 unspecified atom stereocenters. The quantitative estimate of drug-likeness (QED) is 0.494. The monoisotopic (exact) mass is 187 g/mol. The van der Waals surface area contributed by atoms with Crippen LogP contribution in [0.25, 0.3) is 0 Å². The molecule has 74 valence electrons. The van der Waals surface area contributed by atoms with E-state index in [4.69, 9.17) is 10.8 Å². The maximum Gasteiger partial charge on any atom is 0.404 e. The predicted octanol–water partition coefficient (Wildman–Crippen LogP) is 0.893. The number of primary amides is 1. The first-order valence-electron chi connectivity index (χ1n) is 3.86. The minimum atomic E-state index is -0.934. The van der Waals surface area contributed by atoms with Gasteiger partial charge in [-0.3, -0.25) is 0 Å². The van der Waals surface area contributed by atoms with E-state index in [9.17, 15) is 9.59 Å². The fourth-order valence-electron chi connectivity index (χ4n) is 0.662. The SMILES string of the molecule is C/C(=C\CCCOC(N)=O)C(=O)O. The lowest BCUT2D eigenvalue weighted by Crippen LogP contribution is -2.13. The number of ether oxygens (including phenoxy) is 1. The molecule has 0 aliphatic rings. The zero-order valence-electron chi connectivity index (χ0n) is 7.45. The molecule has 0 spiro atoms. The summed E-state index contributed by atoms with van der Waals surface area (Å²) in [5.74, 6) is -0.934. The fraction of sp³-hybridized carbons (Fsp3) is 0.500. The second-order valence-corrected chi connectivity index (χ2v) is 2.50. The summed E-state index contributed by atoms with van der Waals surface area (Å²) in [6, 6.07) is 0. The highest BCUT2D eigenvalue weighted by atomic mass is 16.5. The third kappa shape index (κ3) is 6.86. The zero-order chi connectivity index (χ0) is 10.3. The Labute approximate surface area is 76.2 Å². The van der Waals surface area contributed by atoms with Gasteiger partial charge in [0.05, 0.1) is 6.61 Å². The van der Waals surface area contributed by atoms with Gasteiger partial charge in [0, 0.05) is 5.57 Å². The lowest BCUT2D eigenvalue weighted by molar-refractivity contribution is -0.132. The van der Waals surface area contributed by atoms with E-state index < -0.39 is 12.1 Å². The molecule has 0 atom stereocenters. The Kier molecular flexibility index (Phi) is 5.34. The Balaban J connectivity index is 3.50. The van der Waals surface area contributed by atoms with Gasteiger partial charge in [0.15, 0.2) is 0 Å². The first kappa shape index (κ1) is 11.5. The molecular weight excluding hydrogens is 174 g/mol. The van der Waals surface area contributed by atoms with Crippen LogP contribution in [0.1, 0.15) is 19.8 Å². The number of amides is 1. The van der Waals surface area contributed by atoms with Crippen molar-refractivity contribution in [2.45, 2.75) is 19.8 Å². The van der Waals surface area contributed by atoms with Gasteiger partial charge in [0.1, 0.15) is 0 Å². The third-order valence-electron chi connectivity index (χ3n) is 1.38. The maximum absolute atomic E-state index is 10.3. The molecule has 0 radical (unpaired) electrons. The molecule has 0 fully saturated rings. The van der Waals surface area contributed by atoms with Crippen LogP contribution in [0.2, 0.25) is 0 Å². The zero-order valence-corrected chi connectivity index (χ0v) is 7.45. The maximum atomic E-state index is 10.3. The number of carboxylic acid groups (broad SMARTS) is 1. The lowest BCUT2D eigenvalue weighted by atomic mass is 10.2. The van der Waals surface area contributed by atoms with Crippen LogP contribution in [0.3, 0.4) is 0 Å². The molecule has 5 nitrogen and oxygen atoms in total. The van der Waals surface area contributed by atoms with Crippen molar-refractivity contribution in [2.75, 3.05) is 6.61 Å². The molecule has 0 saturated heterocycles. The summed E-state index contributed by atoms with van der Waals surface area (Å²) in [6.07, 6.45) is 1.91. The van der Waals surface area contributed by atoms with Gasteiger partial charge in [-0.25, -0.2) is 9.59 Å². The molecule has 5 heteroatoms. The summed E-state index contributed by atoms with van der Waals surface area (Å²) in [5.41, 5.74) is 5.00. The first-order valence-corrected chi connectivity index (χ1v) is 3.86. The molecule has 0 aliphatic carbocycles. The molecule has 13 heavy (non-hydrogen) atoms. The molecule has 0 aromatic rings. The summed E-state index contributed by atoms with van der Waals surface area (Å²) in [4.78, 5) is 20.4. The number of nitrogens with two attached hydrogens (primary N) is 1. The van der Waals surface area contributed by atoms with E-state index in [1.54, 1.807) is 6.08 Å². The molecule has 0 aromatic carbocycles. The Morgan fingerprint density at radius 3 is 2.62 bits per heavy atom. The topological polar surface area (TPSA) is 89.6 Å². The number of hydrogen-bond acceptors (Lipinski definition) is 3. The highest BCUT2D eigenvalue weighted by molar-refractivity contribution is 5.85. The van der Waals surface area contributed by atoms with E-state index >= 15 is 0 Å². The van der Waals surface area contributed by atoms with Crippen LogP contribution in [0.5, 0.6) is 0 Å². The van der Waals surface area contributed by atoms with Crippen molar-refractivity contribution in [1.29, 1.82) is 0 Å². The molecule has 3 N–H and O–H groups in total. The van der Waals surface area contributed by atoms with Crippen LogP contribution in [0.15, 0.2) is 11.6 Å². The molecule has 0 saturated carbocycles. The van der Waals surface area contributed by atoms with Gasteiger partial charge < -0.3 is 15.6 Å². The molecule has 0 heterocycles. The van der Waals surface area contributed by atoms with Gasteiger partial charge in [-0.2, -0.15) is 0 Å². The van der Waals surface area contributed by atoms with E-state index in [0.717, 1.165) is 0 Å². The number of hydrogen-bond donors (Lipinski definition) is 2. The Morgan fingerprint density at radius 1 is 1.54 bits per heavy atom. The number of carbonyl (C=O) groups is 2. The third-order valence-corrected chi connectivity index (χ3v) is 1.38. The van der Waals surface area contributed by atoms with E-state index in [2.05, 4.69) is 4.74 Å². The van der Waals surface area contributed by atoms with E-state index in [-0.39, 0.29) is 6.61 Å². The summed E-state index contributed by atoms with van der Waals surface area (Å²) >= 11 is 0. The largest absolute Gasteiger partial charge is 0.478 e. The predicted molar refractivity (Wildman–Crippen MR) is 46.2 cm³/mol. The van der Waals surface area contributed by atoms with Crippen molar-refractivity contribution in [3.8, 4) is 0 Å². The van der Waals surface area contributed by atoms with E-state index in [1.807, 2.05) is 0 Å². The van der Waals surface area contributed by atoms with Gasteiger partial charge in [-0.1, -0.05) is 6.08 Å². The van der Waals surface area contributed by atoms with Crippen LogP contribution in [0, 0.1) is 0 Å². The van der Waals surface area contributed by atoms with Crippen LogP contribution in [0.4, 0.5) is 4.79 Å². The average molecular weight is 187 g/mol. The number of rotatable bonds is 5. The molecular formula is C8H13NO4. The average Bonchev–Trinajstić information content (AvgIpc) is 2.02. The minimum absolute atomic E-state index is 0.221. The van der Waals surface area contributed by atoms with Crippen LogP contribution >= 0.6 is 0 Å². The van der Waals surface area contributed by atoms with E-state index in [0.29, 0.717) is 18.4 Å². The van der Waals surface area contributed by atoms with Gasteiger partial charge in [0.2, 0.25) is 0 Å². The van der Waals surface area contributed by atoms with Crippen molar-refractivity contribution in [1.82, 2.24) is 0 Å². The first-order chi connectivity index (χ1) is 6.04. The van der Waals surface area contributed by atoms with Crippen molar-refractivity contribution in [2.24, 2.45) is 5.73 Å². The van der Waals surface area contributed by atoms with Crippen molar-refractivity contribution in [3.05, 3.63) is 11.6 Å². The van der Waals surface area contributed by atoms with E-state index in [1.165, 1.54) is 6.92 Å². The lowest BCUT2D eigenvalue weighted by Gasteiger charge is -1.98. The molecule has 0 aromatic heterocycles. The molecule has 0 aliphatic heterocycles. The summed E-state index contributed by atoms with van der Waals surface area (Å²) in [7, 11) is 0. The Bertz CT molecular complexity index is 222. The Morgan fingerprint density at radius 2 is 2.15 bits per heavy atom. The molecule has 1 amide bonds. The van der Waals surface area contributed by atoms with Crippen LogP contribution in [-0.2, 0) is 9.53 Å². The van der Waals surface area contributed by atoms with Crippen LogP contribution in [-0.4, -0.2) is 23.8 Å². The number of aliphatic carboxylic acids is 1. The van der Waals surface area contributed by atoms with Gasteiger partial charge in [-0.15, -0.1) is 0 Å². The molecule has 0 bridgehead atoms. The van der Waals surface area contributed by atoms with Gasteiger partial charge in [-0.05, 0) is 19.8 Å². The minimum Gasteiger partial charge on any atom is -0.478 e. The smallest absolute Gasteiger partial charge is 0.404 e. The van der Waals surface area contributed by atoms with Crippen molar-refractivity contribution < 1.29 is 19.4 Å². The normalized spacial score (nSPS) is 11.0. The fourth-order valence-corrected chi connectivity index (χ4v) is 0.662. The van der Waals surface area contributed by atoms with Crippen molar-refractivity contribution in [3.63, 3.8) is 0 Å². The summed E-state index contributed by atoms with van der Waals surface area (Å²) < 4.78 is 4.45. The van der Waals surface area contributed by atoms with Crippen LogP contribution < -0.4 is 5.73 Å². The highest BCUT2D eigenvalue weighted by Gasteiger charge is 1.98. The van der Waals surface area contributed by atoms with Crippen molar-refractivity contribution >= 4 is 12.1 Å². The summed E-state index contributed by atoms with van der Waals surface area (Å²) in [6.45, 7) is 1.73. The second kappa shape index (κ2) is 6.05. The van der Waals surface area contributed by atoms with Gasteiger partial charge in [0.25, 0.3) is 0 Å². The standard InChI is InChI=1S/C8H13NO4/c1-6(7(10)11)4-2-3-5-13-8(9)12/h4H,2-3,5H2,1H3,(H2,9,12)(H,10,11)/b6-4+. The number of carboxylic acids is 1. The number of allylic oxidation sites excluding steroid dienone is 1.